The van der Waals surface area contributed by atoms with Crippen molar-refractivity contribution in [3.8, 4) is 0 Å². The van der Waals surface area contributed by atoms with E-state index in [4.69, 9.17) is 4.42 Å². The Labute approximate surface area is 170 Å². The third-order valence-corrected chi connectivity index (χ3v) is 9.58. The zero-order chi connectivity index (χ0) is 19.7. The lowest BCUT2D eigenvalue weighted by atomic mass is 9.68. The summed E-state index contributed by atoms with van der Waals surface area (Å²) >= 11 is 1.29. The highest BCUT2D eigenvalue weighted by Gasteiger charge is 2.44. The third kappa shape index (κ3) is 3.90. The Bertz CT molecular complexity index is 906. The number of aryl methyl sites for hydroxylation is 1. The van der Waals surface area contributed by atoms with E-state index in [2.05, 4.69) is 5.32 Å². The molecule has 3 heterocycles. The Kier molecular flexibility index (Phi) is 5.62. The minimum atomic E-state index is -3.44. The molecule has 0 aromatic carbocycles. The van der Waals surface area contributed by atoms with E-state index in [1.165, 1.54) is 11.3 Å². The van der Waals surface area contributed by atoms with Gasteiger partial charge in [-0.05, 0) is 66.7 Å². The molecule has 2 fully saturated rings. The molecule has 152 valence electrons. The van der Waals surface area contributed by atoms with Crippen LogP contribution in [0.2, 0.25) is 0 Å². The minimum Gasteiger partial charge on any atom is -0.467 e. The summed E-state index contributed by atoms with van der Waals surface area (Å²) in [4.78, 5) is 12.5. The van der Waals surface area contributed by atoms with Crippen LogP contribution < -0.4 is 5.32 Å². The van der Waals surface area contributed by atoms with Crippen molar-refractivity contribution >= 4 is 27.3 Å². The lowest BCUT2D eigenvalue weighted by Gasteiger charge is -2.46. The summed E-state index contributed by atoms with van der Waals surface area (Å²) in [6.07, 6.45) is 5.15. The Balaban J connectivity index is 1.42. The van der Waals surface area contributed by atoms with Crippen LogP contribution >= 0.6 is 11.3 Å². The Hall–Kier alpha value is -1.64. The molecule has 28 heavy (non-hydrogen) atoms. The standard InChI is InChI=1S/C20H26N2O4S2/c1-14-7-9-27-20(14)28(24,25)22-12-15-4-2-5-16(13-22)18(15)10-19(23)21-11-17-6-3-8-26-17/h3,6-9,15-16,18H,2,4-5,10-13H2,1H3,(H,21,23). The number of nitrogens with zero attached hydrogens (tertiary/aromatic N) is 1. The number of piperidine rings is 1. The first kappa shape index (κ1) is 19.7. The van der Waals surface area contributed by atoms with Crippen molar-refractivity contribution in [2.24, 2.45) is 17.8 Å². The zero-order valence-electron chi connectivity index (χ0n) is 16.0. The van der Waals surface area contributed by atoms with Crippen LogP contribution in [0.5, 0.6) is 0 Å². The topological polar surface area (TPSA) is 79.6 Å². The molecule has 0 radical (unpaired) electrons. The normalized spacial score (nSPS) is 25.5. The van der Waals surface area contributed by atoms with E-state index in [0.717, 1.165) is 30.6 Å². The summed E-state index contributed by atoms with van der Waals surface area (Å²) in [5.74, 6) is 1.50. The molecule has 6 nitrogen and oxygen atoms in total. The minimum absolute atomic E-state index is 0.0173. The van der Waals surface area contributed by atoms with Crippen molar-refractivity contribution in [3.63, 3.8) is 0 Å². The van der Waals surface area contributed by atoms with Crippen LogP contribution in [-0.2, 0) is 21.4 Å². The fourth-order valence-electron chi connectivity index (χ4n) is 4.66. The molecule has 1 aliphatic heterocycles. The van der Waals surface area contributed by atoms with Crippen molar-refractivity contribution in [1.29, 1.82) is 0 Å². The van der Waals surface area contributed by atoms with Crippen molar-refractivity contribution in [3.05, 3.63) is 41.2 Å². The van der Waals surface area contributed by atoms with Gasteiger partial charge in [-0.25, -0.2) is 8.42 Å². The number of rotatable bonds is 6. The molecule has 1 saturated heterocycles. The molecule has 2 aromatic rings. The van der Waals surface area contributed by atoms with E-state index in [1.54, 1.807) is 16.6 Å². The average Bonchev–Trinajstić information content (AvgIpc) is 3.31. The maximum atomic E-state index is 13.1. The molecule has 1 N–H and O–H groups in total. The number of carbonyl (C=O) groups excluding carboxylic acids is 1. The van der Waals surface area contributed by atoms with Gasteiger partial charge >= 0.3 is 0 Å². The molecular formula is C20H26N2O4S2. The van der Waals surface area contributed by atoms with Crippen LogP contribution in [0.4, 0.5) is 0 Å². The van der Waals surface area contributed by atoms with Crippen LogP contribution in [0.3, 0.4) is 0 Å². The van der Waals surface area contributed by atoms with Gasteiger partial charge < -0.3 is 9.73 Å². The van der Waals surface area contributed by atoms with E-state index in [-0.39, 0.29) is 23.7 Å². The first-order chi connectivity index (χ1) is 13.4. The van der Waals surface area contributed by atoms with E-state index >= 15 is 0 Å². The van der Waals surface area contributed by atoms with Gasteiger partial charge in [0.2, 0.25) is 5.91 Å². The molecule has 8 heteroatoms. The van der Waals surface area contributed by atoms with Crippen LogP contribution in [0.15, 0.2) is 38.5 Å². The number of hydrogen-bond donors (Lipinski definition) is 1. The van der Waals surface area contributed by atoms with Gasteiger partial charge in [-0.15, -0.1) is 11.3 Å². The summed E-state index contributed by atoms with van der Waals surface area (Å²) in [7, 11) is -3.44. The monoisotopic (exact) mass is 422 g/mol. The van der Waals surface area contributed by atoms with Crippen molar-refractivity contribution in [2.45, 2.75) is 43.4 Å². The van der Waals surface area contributed by atoms with Crippen molar-refractivity contribution in [1.82, 2.24) is 9.62 Å². The summed E-state index contributed by atoms with van der Waals surface area (Å²) < 4.78 is 33.6. The van der Waals surface area contributed by atoms with Gasteiger partial charge in [-0.3, -0.25) is 4.79 Å². The van der Waals surface area contributed by atoms with E-state index in [0.29, 0.717) is 30.3 Å². The summed E-state index contributed by atoms with van der Waals surface area (Å²) in [6.45, 7) is 3.28. The number of hydrogen-bond acceptors (Lipinski definition) is 5. The number of furan rings is 1. The first-order valence-corrected chi connectivity index (χ1v) is 12.1. The molecule has 2 unspecified atom stereocenters. The third-order valence-electron chi connectivity index (χ3n) is 6.09. The SMILES string of the molecule is Cc1ccsc1S(=O)(=O)N1CC2CCCC(C1)C2CC(=O)NCc1ccco1. The highest BCUT2D eigenvalue weighted by Crippen LogP contribution is 2.43. The van der Waals surface area contributed by atoms with Crippen molar-refractivity contribution < 1.29 is 17.6 Å². The molecule has 0 spiro atoms. The number of fused-ring (bicyclic) bond motifs is 2. The van der Waals surface area contributed by atoms with Gasteiger partial charge in [0.15, 0.2) is 0 Å². The lowest BCUT2D eigenvalue weighted by molar-refractivity contribution is -0.124. The van der Waals surface area contributed by atoms with Gasteiger partial charge in [0, 0.05) is 19.5 Å². The highest BCUT2D eigenvalue weighted by molar-refractivity contribution is 7.91. The second-order valence-corrected chi connectivity index (χ2v) is 10.9. The summed E-state index contributed by atoms with van der Waals surface area (Å²) in [5.41, 5.74) is 0.814. The molecule has 2 bridgehead atoms. The van der Waals surface area contributed by atoms with Crippen LogP contribution in [0, 0.1) is 24.7 Å². The van der Waals surface area contributed by atoms with Gasteiger partial charge in [-0.1, -0.05) is 6.42 Å². The maximum Gasteiger partial charge on any atom is 0.252 e. The van der Waals surface area contributed by atoms with E-state index < -0.39 is 10.0 Å². The lowest BCUT2D eigenvalue weighted by Crippen LogP contribution is -2.51. The molecule has 2 aromatic heterocycles. The second-order valence-electron chi connectivity index (χ2n) is 7.89. The highest BCUT2D eigenvalue weighted by atomic mass is 32.2. The Morgan fingerprint density at radius 2 is 2.04 bits per heavy atom. The quantitative estimate of drug-likeness (QED) is 0.774. The Morgan fingerprint density at radius 1 is 1.29 bits per heavy atom. The zero-order valence-corrected chi connectivity index (χ0v) is 17.6. The van der Waals surface area contributed by atoms with E-state index in [1.807, 2.05) is 24.4 Å². The van der Waals surface area contributed by atoms with Crippen LogP contribution in [0.1, 0.15) is 37.0 Å². The van der Waals surface area contributed by atoms with Crippen LogP contribution in [-0.4, -0.2) is 31.7 Å². The maximum absolute atomic E-state index is 13.1. The summed E-state index contributed by atoms with van der Waals surface area (Å²) in [5, 5.41) is 4.76. The van der Waals surface area contributed by atoms with Gasteiger partial charge in [-0.2, -0.15) is 4.31 Å². The summed E-state index contributed by atoms with van der Waals surface area (Å²) in [6, 6.07) is 5.50. The molecule has 1 saturated carbocycles. The first-order valence-electron chi connectivity index (χ1n) is 9.78. The number of thiophene rings is 1. The number of amides is 1. The average molecular weight is 423 g/mol. The molecular weight excluding hydrogens is 396 g/mol. The smallest absolute Gasteiger partial charge is 0.252 e. The van der Waals surface area contributed by atoms with Gasteiger partial charge in [0.1, 0.15) is 9.97 Å². The van der Waals surface area contributed by atoms with Crippen LogP contribution in [0.25, 0.3) is 0 Å². The predicted octanol–water partition coefficient (Wildman–Crippen LogP) is 3.39. The van der Waals surface area contributed by atoms with Gasteiger partial charge in [0.25, 0.3) is 10.0 Å². The van der Waals surface area contributed by atoms with Gasteiger partial charge in [0.05, 0.1) is 12.8 Å². The number of nitrogens with one attached hydrogen (secondary N) is 1. The molecule has 2 aliphatic rings. The number of sulfonamides is 1. The largest absolute Gasteiger partial charge is 0.467 e. The molecule has 4 rings (SSSR count). The Morgan fingerprint density at radius 3 is 2.64 bits per heavy atom. The predicted molar refractivity (Wildman–Crippen MR) is 107 cm³/mol. The molecule has 1 aliphatic carbocycles. The molecule has 1 amide bonds. The fourth-order valence-corrected chi connectivity index (χ4v) is 7.77. The van der Waals surface area contributed by atoms with E-state index in [9.17, 15) is 13.2 Å². The molecule has 2 atom stereocenters. The number of carbonyl (C=O) groups is 1. The fraction of sp³-hybridized carbons (Fsp3) is 0.550. The van der Waals surface area contributed by atoms with Crippen molar-refractivity contribution in [2.75, 3.05) is 13.1 Å². The second kappa shape index (κ2) is 8.00.